The van der Waals surface area contributed by atoms with Gasteiger partial charge in [0.25, 0.3) is 0 Å². The maximum atomic E-state index is 2.43. The fourth-order valence-electron chi connectivity index (χ4n) is 6.97. The Balaban J connectivity index is 1.34. The first-order chi connectivity index (χ1) is 20.3. The van der Waals surface area contributed by atoms with Gasteiger partial charge in [0.2, 0.25) is 0 Å². The number of hydrogen-bond acceptors (Lipinski definition) is 0. The lowest BCUT2D eigenvalue weighted by Gasteiger charge is -2.10. The van der Waals surface area contributed by atoms with Gasteiger partial charge in [-0.1, -0.05) is 97.1 Å². The highest BCUT2D eigenvalue weighted by atomic mass is 15.0. The van der Waals surface area contributed by atoms with Crippen LogP contribution in [0.1, 0.15) is 0 Å². The van der Waals surface area contributed by atoms with Crippen molar-refractivity contribution >= 4 is 65.2 Å². The monoisotopic (exact) mass is 522 g/mol. The topological polar surface area (TPSA) is 9.86 Å². The lowest BCUT2D eigenvalue weighted by molar-refractivity contribution is 1.01. The predicted octanol–water partition coefficient (Wildman–Crippen LogP) is 10.4. The molecule has 0 bridgehead atoms. The van der Waals surface area contributed by atoms with Gasteiger partial charge in [0, 0.05) is 50.7 Å². The summed E-state index contributed by atoms with van der Waals surface area (Å²) in [7, 11) is 2.17. The van der Waals surface area contributed by atoms with E-state index in [0.717, 1.165) is 0 Å². The molecule has 0 aliphatic heterocycles. The van der Waals surface area contributed by atoms with Gasteiger partial charge in [0.15, 0.2) is 0 Å². The summed E-state index contributed by atoms with van der Waals surface area (Å²) in [6, 6.07) is 51.1. The fourth-order valence-corrected chi connectivity index (χ4v) is 6.97. The molecule has 9 rings (SSSR count). The highest BCUT2D eigenvalue weighted by molar-refractivity contribution is 6.22. The molecule has 2 heteroatoms. The third-order valence-corrected chi connectivity index (χ3v) is 8.90. The summed E-state index contributed by atoms with van der Waals surface area (Å²) in [6.45, 7) is 0. The molecular weight excluding hydrogens is 496 g/mol. The van der Waals surface area contributed by atoms with Crippen LogP contribution in [-0.2, 0) is 7.05 Å². The molecule has 0 saturated carbocycles. The van der Waals surface area contributed by atoms with Crippen molar-refractivity contribution in [2.24, 2.45) is 7.05 Å². The van der Waals surface area contributed by atoms with Crippen molar-refractivity contribution in [2.45, 2.75) is 0 Å². The summed E-state index contributed by atoms with van der Waals surface area (Å²) >= 11 is 0. The standard InChI is InChI=1S/C39H26N2/c1-40-35-20-17-28(24-34(35)38-30-13-7-5-9-25(30)16-22-37(38)40)27-18-21-36-33(23-27)32-19-15-26-10-6-8-14-31(26)39(32)41(36)29-11-3-2-4-12-29/h2-24H,1H3. The van der Waals surface area contributed by atoms with Crippen LogP contribution in [-0.4, -0.2) is 9.13 Å². The molecule has 0 aliphatic carbocycles. The molecule has 0 radical (unpaired) electrons. The van der Waals surface area contributed by atoms with Crippen molar-refractivity contribution in [3.63, 3.8) is 0 Å². The Labute approximate surface area is 237 Å². The minimum Gasteiger partial charge on any atom is -0.344 e. The molecule has 0 saturated heterocycles. The molecule has 7 aromatic carbocycles. The highest BCUT2D eigenvalue weighted by Crippen LogP contribution is 2.40. The quantitative estimate of drug-likeness (QED) is 0.214. The Morgan fingerprint density at radius 2 is 1.02 bits per heavy atom. The molecule has 0 N–H and O–H groups in total. The van der Waals surface area contributed by atoms with Crippen LogP contribution in [0.3, 0.4) is 0 Å². The van der Waals surface area contributed by atoms with Crippen molar-refractivity contribution in [3.8, 4) is 16.8 Å². The van der Waals surface area contributed by atoms with Crippen LogP contribution in [0.2, 0.25) is 0 Å². The van der Waals surface area contributed by atoms with Crippen LogP contribution in [0, 0.1) is 0 Å². The number of fused-ring (bicyclic) bond motifs is 10. The van der Waals surface area contributed by atoms with Gasteiger partial charge in [-0.15, -0.1) is 0 Å². The van der Waals surface area contributed by atoms with Gasteiger partial charge < -0.3 is 9.13 Å². The van der Waals surface area contributed by atoms with Crippen LogP contribution in [0.25, 0.3) is 82.0 Å². The number of nitrogens with zero attached hydrogens (tertiary/aromatic N) is 2. The Kier molecular flexibility index (Phi) is 4.57. The number of benzene rings is 7. The summed E-state index contributed by atoms with van der Waals surface area (Å²) in [5.41, 5.74) is 8.66. The largest absolute Gasteiger partial charge is 0.344 e. The molecule has 2 heterocycles. The SMILES string of the molecule is Cn1c2ccc(-c3ccc4c(c3)c3ccc5ccccc5c3n4-c3ccccc3)cc2c2c3ccccc3ccc21. The number of para-hydroxylation sites is 1. The molecular formula is C39H26N2. The van der Waals surface area contributed by atoms with E-state index in [9.17, 15) is 0 Å². The fraction of sp³-hybridized carbons (Fsp3) is 0.0256. The molecule has 0 unspecified atom stereocenters. The number of aromatic nitrogens is 2. The summed E-state index contributed by atoms with van der Waals surface area (Å²) in [6.07, 6.45) is 0. The summed E-state index contributed by atoms with van der Waals surface area (Å²) in [5, 5.41) is 10.3. The second-order valence-corrected chi connectivity index (χ2v) is 11.1. The Bertz CT molecular complexity index is 2470. The Morgan fingerprint density at radius 3 is 1.83 bits per heavy atom. The number of rotatable bonds is 2. The zero-order chi connectivity index (χ0) is 27.1. The average molecular weight is 523 g/mol. The highest BCUT2D eigenvalue weighted by Gasteiger charge is 2.17. The lowest BCUT2D eigenvalue weighted by atomic mass is 9.98. The van der Waals surface area contributed by atoms with Crippen molar-refractivity contribution < 1.29 is 0 Å². The zero-order valence-electron chi connectivity index (χ0n) is 22.7. The van der Waals surface area contributed by atoms with E-state index < -0.39 is 0 Å². The molecule has 0 spiro atoms. The van der Waals surface area contributed by atoms with Gasteiger partial charge >= 0.3 is 0 Å². The average Bonchev–Trinajstić information content (AvgIpc) is 3.53. The first-order valence-electron chi connectivity index (χ1n) is 14.2. The maximum Gasteiger partial charge on any atom is 0.0619 e. The van der Waals surface area contributed by atoms with Crippen LogP contribution < -0.4 is 0 Å². The number of hydrogen-bond donors (Lipinski definition) is 0. The molecule has 0 aliphatic rings. The molecule has 2 aromatic heterocycles. The van der Waals surface area contributed by atoms with Crippen molar-refractivity contribution in [1.82, 2.24) is 9.13 Å². The van der Waals surface area contributed by atoms with E-state index in [4.69, 9.17) is 0 Å². The lowest BCUT2D eigenvalue weighted by Crippen LogP contribution is -1.93. The normalized spacial score (nSPS) is 12.0. The van der Waals surface area contributed by atoms with Crippen molar-refractivity contribution in [1.29, 1.82) is 0 Å². The van der Waals surface area contributed by atoms with Gasteiger partial charge in [0.1, 0.15) is 0 Å². The van der Waals surface area contributed by atoms with E-state index in [1.807, 2.05) is 0 Å². The van der Waals surface area contributed by atoms with Gasteiger partial charge in [-0.25, -0.2) is 0 Å². The van der Waals surface area contributed by atoms with Crippen LogP contribution in [0.15, 0.2) is 140 Å². The molecule has 0 fully saturated rings. The first-order valence-corrected chi connectivity index (χ1v) is 14.2. The summed E-state index contributed by atoms with van der Waals surface area (Å²) in [5.74, 6) is 0. The second-order valence-electron chi connectivity index (χ2n) is 11.1. The van der Waals surface area contributed by atoms with Crippen molar-refractivity contribution in [2.75, 3.05) is 0 Å². The predicted molar refractivity (Wildman–Crippen MR) is 175 cm³/mol. The molecule has 192 valence electrons. The van der Waals surface area contributed by atoms with E-state index in [1.54, 1.807) is 0 Å². The van der Waals surface area contributed by atoms with Gasteiger partial charge in [-0.05, 0) is 69.8 Å². The zero-order valence-corrected chi connectivity index (χ0v) is 22.7. The van der Waals surface area contributed by atoms with Gasteiger partial charge in [-0.3, -0.25) is 0 Å². The van der Waals surface area contributed by atoms with Gasteiger partial charge in [-0.2, -0.15) is 0 Å². The van der Waals surface area contributed by atoms with Gasteiger partial charge in [0.05, 0.1) is 11.0 Å². The van der Waals surface area contributed by atoms with E-state index in [1.165, 1.54) is 82.0 Å². The molecule has 0 amide bonds. The first kappa shape index (κ1) is 22.5. The van der Waals surface area contributed by atoms with Crippen molar-refractivity contribution in [3.05, 3.63) is 140 Å². The molecule has 2 nitrogen and oxygen atoms in total. The smallest absolute Gasteiger partial charge is 0.0619 e. The Morgan fingerprint density at radius 1 is 0.415 bits per heavy atom. The minimum absolute atomic E-state index is 1.18. The van der Waals surface area contributed by atoms with Crippen LogP contribution in [0.4, 0.5) is 0 Å². The third kappa shape index (κ3) is 3.13. The molecule has 9 aromatic rings. The summed E-state index contributed by atoms with van der Waals surface area (Å²) < 4.78 is 4.75. The Hall–Kier alpha value is -5.34. The maximum absolute atomic E-state index is 2.43. The minimum atomic E-state index is 1.18. The van der Waals surface area contributed by atoms with E-state index in [-0.39, 0.29) is 0 Å². The molecule has 0 atom stereocenters. The van der Waals surface area contributed by atoms with E-state index in [0.29, 0.717) is 0 Å². The summed E-state index contributed by atoms with van der Waals surface area (Å²) in [4.78, 5) is 0. The van der Waals surface area contributed by atoms with E-state index in [2.05, 4.69) is 156 Å². The third-order valence-electron chi connectivity index (χ3n) is 8.90. The van der Waals surface area contributed by atoms with Crippen LogP contribution >= 0.6 is 0 Å². The second kappa shape index (κ2) is 8.33. The van der Waals surface area contributed by atoms with Crippen LogP contribution in [0.5, 0.6) is 0 Å². The molecule has 41 heavy (non-hydrogen) atoms. The number of aryl methyl sites for hydroxylation is 1. The van der Waals surface area contributed by atoms with E-state index >= 15 is 0 Å².